The summed E-state index contributed by atoms with van der Waals surface area (Å²) in [6.45, 7) is 0.531. The summed E-state index contributed by atoms with van der Waals surface area (Å²) >= 11 is 0. The minimum Gasteiger partial charge on any atom is -0.338 e. The summed E-state index contributed by atoms with van der Waals surface area (Å²) in [5.74, 6) is 0. The molecule has 0 unspecified atom stereocenters. The van der Waals surface area contributed by atoms with Crippen LogP contribution in [-0.2, 0) is 6.42 Å². The molecule has 0 radical (unpaired) electrons. The molecule has 3 rings (SSSR count). The maximum absolute atomic E-state index is 11.9. The Bertz CT molecular complexity index is 862. The Morgan fingerprint density at radius 3 is 2.52 bits per heavy atom. The first-order valence-electron chi connectivity index (χ1n) is 7.88. The number of nitriles is 1. The Hall–Kier alpha value is -3.59. The van der Waals surface area contributed by atoms with Gasteiger partial charge < -0.3 is 10.6 Å². The second-order valence-electron chi connectivity index (χ2n) is 5.44. The molecule has 0 atom stereocenters. The van der Waals surface area contributed by atoms with Crippen LogP contribution in [0, 0.1) is 11.3 Å². The SMILES string of the molecule is N#Cc1ccc(NC(=O)NCCc2ccc(-n3cccn3)cc2)cc1. The molecule has 0 saturated carbocycles. The van der Waals surface area contributed by atoms with Crippen LogP contribution in [0.2, 0.25) is 0 Å². The third-order valence-corrected chi connectivity index (χ3v) is 3.68. The van der Waals surface area contributed by atoms with Crippen LogP contribution >= 0.6 is 0 Å². The molecular weight excluding hydrogens is 314 g/mol. The molecule has 25 heavy (non-hydrogen) atoms. The van der Waals surface area contributed by atoms with Gasteiger partial charge in [0, 0.05) is 24.6 Å². The molecule has 0 bridgehead atoms. The summed E-state index contributed by atoms with van der Waals surface area (Å²) in [5, 5.41) is 18.5. The van der Waals surface area contributed by atoms with Crippen LogP contribution in [0.1, 0.15) is 11.1 Å². The third-order valence-electron chi connectivity index (χ3n) is 3.68. The molecule has 1 aromatic heterocycles. The summed E-state index contributed by atoms with van der Waals surface area (Å²) < 4.78 is 1.80. The first kappa shape index (κ1) is 16.3. The zero-order chi connectivity index (χ0) is 17.5. The van der Waals surface area contributed by atoms with Gasteiger partial charge in [0.2, 0.25) is 0 Å². The average molecular weight is 331 g/mol. The number of benzene rings is 2. The Balaban J connectivity index is 1.45. The number of hydrogen-bond acceptors (Lipinski definition) is 3. The van der Waals surface area contributed by atoms with Crippen LogP contribution in [0.3, 0.4) is 0 Å². The molecule has 6 heteroatoms. The van der Waals surface area contributed by atoms with Crippen molar-refractivity contribution >= 4 is 11.7 Å². The highest BCUT2D eigenvalue weighted by atomic mass is 16.2. The van der Waals surface area contributed by atoms with Crippen LogP contribution in [0.15, 0.2) is 67.0 Å². The molecule has 124 valence electrons. The zero-order valence-corrected chi connectivity index (χ0v) is 13.5. The Kier molecular flexibility index (Phi) is 5.07. The molecule has 0 spiro atoms. The van der Waals surface area contributed by atoms with E-state index >= 15 is 0 Å². The van der Waals surface area contributed by atoms with E-state index in [0.29, 0.717) is 17.8 Å². The number of rotatable bonds is 5. The van der Waals surface area contributed by atoms with Crippen LogP contribution in [0.5, 0.6) is 0 Å². The predicted molar refractivity (Wildman–Crippen MR) is 95.4 cm³/mol. The molecule has 6 nitrogen and oxygen atoms in total. The largest absolute Gasteiger partial charge is 0.338 e. The zero-order valence-electron chi connectivity index (χ0n) is 13.5. The molecule has 3 aromatic rings. The lowest BCUT2D eigenvalue weighted by molar-refractivity contribution is 0.252. The van der Waals surface area contributed by atoms with Crippen molar-refractivity contribution < 1.29 is 4.79 Å². The fourth-order valence-corrected chi connectivity index (χ4v) is 2.36. The number of aromatic nitrogens is 2. The van der Waals surface area contributed by atoms with Crippen molar-refractivity contribution in [3.63, 3.8) is 0 Å². The number of nitrogens with one attached hydrogen (secondary N) is 2. The quantitative estimate of drug-likeness (QED) is 0.753. The highest BCUT2D eigenvalue weighted by Gasteiger charge is 2.02. The molecule has 2 aromatic carbocycles. The molecule has 0 saturated heterocycles. The molecule has 0 aliphatic carbocycles. The van der Waals surface area contributed by atoms with Gasteiger partial charge in [-0.1, -0.05) is 12.1 Å². The monoisotopic (exact) mass is 331 g/mol. The molecular formula is C19H17N5O. The molecule has 0 aliphatic rings. The summed E-state index contributed by atoms with van der Waals surface area (Å²) in [7, 11) is 0. The van der Waals surface area contributed by atoms with E-state index in [1.165, 1.54) is 0 Å². The Morgan fingerprint density at radius 2 is 1.88 bits per heavy atom. The number of carbonyl (C=O) groups excluding carboxylic acids is 1. The smallest absolute Gasteiger partial charge is 0.319 e. The van der Waals surface area contributed by atoms with Gasteiger partial charge in [0.25, 0.3) is 0 Å². The van der Waals surface area contributed by atoms with E-state index < -0.39 is 0 Å². The van der Waals surface area contributed by atoms with E-state index in [1.54, 1.807) is 35.1 Å². The maximum atomic E-state index is 11.9. The van der Waals surface area contributed by atoms with Crippen LogP contribution < -0.4 is 10.6 Å². The van der Waals surface area contributed by atoms with Gasteiger partial charge >= 0.3 is 6.03 Å². The normalized spacial score (nSPS) is 10.0. The van der Waals surface area contributed by atoms with Gasteiger partial charge in [0.1, 0.15) is 0 Å². The van der Waals surface area contributed by atoms with E-state index in [0.717, 1.165) is 17.7 Å². The van der Waals surface area contributed by atoms with Crippen molar-refractivity contribution in [2.24, 2.45) is 0 Å². The van der Waals surface area contributed by atoms with Gasteiger partial charge in [-0.25, -0.2) is 9.48 Å². The van der Waals surface area contributed by atoms with Crippen molar-refractivity contribution in [1.82, 2.24) is 15.1 Å². The van der Waals surface area contributed by atoms with E-state index in [-0.39, 0.29) is 6.03 Å². The number of urea groups is 1. The first-order chi connectivity index (χ1) is 12.2. The Morgan fingerprint density at radius 1 is 1.12 bits per heavy atom. The second kappa shape index (κ2) is 7.79. The summed E-state index contributed by atoms with van der Waals surface area (Å²) in [6, 6.07) is 18.4. The summed E-state index contributed by atoms with van der Waals surface area (Å²) in [6.07, 6.45) is 4.37. The maximum Gasteiger partial charge on any atom is 0.319 e. The number of anilines is 1. The van der Waals surface area contributed by atoms with E-state index in [9.17, 15) is 4.79 Å². The molecule has 2 N–H and O–H groups in total. The van der Waals surface area contributed by atoms with Crippen molar-refractivity contribution in [2.45, 2.75) is 6.42 Å². The first-order valence-corrected chi connectivity index (χ1v) is 7.88. The molecule has 0 aliphatic heterocycles. The van der Waals surface area contributed by atoms with Gasteiger partial charge in [-0.15, -0.1) is 0 Å². The average Bonchev–Trinajstić information content (AvgIpc) is 3.18. The predicted octanol–water partition coefficient (Wildman–Crippen LogP) is 3.11. The van der Waals surface area contributed by atoms with Crippen LogP contribution in [0.25, 0.3) is 5.69 Å². The highest BCUT2D eigenvalue weighted by molar-refractivity contribution is 5.89. The lowest BCUT2D eigenvalue weighted by atomic mass is 10.1. The topological polar surface area (TPSA) is 82.7 Å². The van der Waals surface area contributed by atoms with E-state index in [1.807, 2.05) is 42.6 Å². The summed E-state index contributed by atoms with van der Waals surface area (Å²) in [5.41, 5.74) is 3.35. The van der Waals surface area contributed by atoms with Gasteiger partial charge in [-0.05, 0) is 54.4 Å². The standard InChI is InChI=1S/C19H17N5O/c20-14-16-2-6-17(7-3-16)23-19(25)21-12-10-15-4-8-18(9-5-15)24-13-1-11-22-24/h1-9,11,13H,10,12H2,(H2,21,23,25). The highest BCUT2D eigenvalue weighted by Crippen LogP contribution is 2.10. The minimum atomic E-state index is -0.266. The van der Waals surface area contributed by atoms with Gasteiger partial charge in [0.15, 0.2) is 0 Å². The second-order valence-corrected chi connectivity index (χ2v) is 5.44. The van der Waals surface area contributed by atoms with Crippen molar-refractivity contribution in [2.75, 3.05) is 11.9 Å². The van der Waals surface area contributed by atoms with Crippen molar-refractivity contribution in [1.29, 1.82) is 5.26 Å². The fourth-order valence-electron chi connectivity index (χ4n) is 2.36. The number of nitrogens with zero attached hydrogens (tertiary/aromatic N) is 3. The van der Waals surface area contributed by atoms with Crippen molar-refractivity contribution in [3.8, 4) is 11.8 Å². The third kappa shape index (κ3) is 4.45. The minimum absolute atomic E-state index is 0.266. The lowest BCUT2D eigenvalue weighted by Gasteiger charge is -2.08. The van der Waals surface area contributed by atoms with Gasteiger partial charge in [-0.2, -0.15) is 10.4 Å². The van der Waals surface area contributed by atoms with Crippen LogP contribution in [0.4, 0.5) is 10.5 Å². The molecule has 0 fully saturated rings. The van der Waals surface area contributed by atoms with E-state index in [4.69, 9.17) is 5.26 Å². The van der Waals surface area contributed by atoms with Gasteiger partial charge in [0.05, 0.1) is 17.3 Å². The van der Waals surface area contributed by atoms with Crippen molar-refractivity contribution in [3.05, 3.63) is 78.1 Å². The molecule has 2 amide bonds. The Labute approximate surface area is 145 Å². The van der Waals surface area contributed by atoms with Crippen LogP contribution in [-0.4, -0.2) is 22.4 Å². The fraction of sp³-hybridized carbons (Fsp3) is 0.105. The van der Waals surface area contributed by atoms with Gasteiger partial charge in [-0.3, -0.25) is 0 Å². The number of hydrogen-bond donors (Lipinski definition) is 2. The number of amides is 2. The van der Waals surface area contributed by atoms with E-state index in [2.05, 4.69) is 15.7 Å². The summed E-state index contributed by atoms with van der Waals surface area (Å²) in [4.78, 5) is 11.9. The lowest BCUT2D eigenvalue weighted by Crippen LogP contribution is -2.30. The molecule has 1 heterocycles. The number of carbonyl (C=O) groups is 1.